The van der Waals surface area contributed by atoms with E-state index in [4.69, 9.17) is 9.47 Å². The van der Waals surface area contributed by atoms with Crippen LogP contribution in [0.2, 0.25) is 0 Å². The molecule has 0 radical (unpaired) electrons. The predicted molar refractivity (Wildman–Crippen MR) is 125 cm³/mol. The van der Waals surface area contributed by atoms with E-state index in [-0.39, 0.29) is 17.9 Å². The molecule has 0 bridgehead atoms. The molecule has 1 aliphatic rings. The lowest BCUT2D eigenvalue weighted by Crippen LogP contribution is -2.49. The summed E-state index contributed by atoms with van der Waals surface area (Å²) in [5, 5.41) is 0. The lowest BCUT2D eigenvalue weighted by atomic mass is 10.0. The largest absolute Gasteiger partial charge is 0.490 e. The highest BCUT2D eigenvalue weighted by Gasteiger charge is 2.30. The Hall–Kier alpha value is -3.02. The molecule has 172 valence electrons. The van der Waals surface area contributed by atoms with Gasteiger partial charge in [0.15, 0.2) is 11.5 Å². The molecule has 0 spiro atoms. The van der Waals surface area contributed by atoms with Gasteiger partial charge in [-0.1, -0.05) is 25.1 Å². The zero-order valence-corrected chi connectivity index (χ0v) is 19.4. The Morgan fingerprint density at radius 3 is 2.19 bits per heavy atom. The Morgan fingerprint density at radius 2 is 1.56 bits per heavy atom. The van der Waals surface area contributed by atoms with Gasteiger partial charge in [0.1, 0.15) is 0 Å². The minimum absolute atomic E-state index is 0.00341. The van der Waals surface area contributed by atoms with Gasteiger partial charge < -0.3 is 19.3 Å². The first kappa shape index (κ1) is 23.6. The molecule has 3 rings (SSSR count). The SMILES string of the molecule is CCCN(C(=O)c1ccc(OCC)c(OCC)c1)C1CCN(C(=O)c2ccccc2)CC1. The molecule has 1 saturated heterocycles. The number of carbonyl (C=O) groups is 2. The highest BCUT2D eigenvalue weighted by atomic mass is 16.5. The smallest absolute Gasteiger partial charge is 0.254 e. The van der Waals surface area contributed by atoms with E-state index in [0.29, 0.717) is 55.5 Å². The Kier molecular flexibility index (Phi) is 8.54. The van der Waals surface area contributed by atoms with Crippen LogP contribution < -0.4 is 9.47 Å². The van der Waals surface area contributed by atoms with Crippen LogP contribution in [0.4, 0.5) is 0 Å². The van der Waals surface area contributed by atoms with Gasteiger partial charge in [0, 0.05) is 36.8 Å². The Labute approximate surface area is 191 Å². The summed E-state index contributed by atoms with van der Waals surface area (Å²) in [5.41, 5.74) is 1.32. The van der Waals surface area contributed by atoms with Crippen LogP contribution in [-0.2, 0) is 0 Å². The molecule has 2 aromatic rings. The third-order valence-corrected chi connectivity index (χ3v) is 5.73. The maximum absolute atomic E-state index is 13.4. The third kappa shape index (κ3) is 5.61. The van der Waals surface area contributed by atoms with E-state index in [1.165, 1.54) is 0 Å². The van der Waals surface area contributed by atoms with Crippen LogP contribution in [-0.4, -0.2) is 60.5 Å². The maximum atomic E-state index is 13.4. The van der Waals surface area contributed by atoms with Gasteiger partial charge in [-0.3, -0.25) is 9.59 Å². The highest BCUT2D eigenvalue weighted by Crippen LogP contribution is 2.30. The lowest BCUT2D eigenvalue weighted by Gasteiger charge is -2.38. The standard InChI is InChI=1S/C26H34N2O4/c1-4-16-28(26(30)21-12-13-23(31-5-2)24(19-21)32-6-3)22-14-17-27(18-15-22)25(29)20-10-8-7-9-11-20/h7-13,19,22H,4-6,14-18H2,1-3H3. The third-order valence-electron chi connectivity index (χ3n) is 5.73. The zero-order valence-electron chi connectivity index (χ0n) is 19.4. The highest BCUT2D eigenvalue weighted by molar-refractivity contribution is 5.95. The molecule has 2 aromatic carbocycles. The number of hydrogen-bond donors (Lipinski definition) is 0. The summed E-state index contributed by atoms with van der Waals surface area (Å²) in [6.45, 7) is 8.95. The summed E-state index contributed by atoms with van der Waals surface area (Å²) >= 11 is 0. The molecule has 0 saturated carbocycles. The summed E-state index contributed by atoms with van der Waals surface area (Å²) in [4.78, 5) is 30.1. The van der Waals surface area contributed by atoms with Crippen molar-refractivity contribution >= 4 is 11.8 Å². The molecule has 1 fully saturated rings. The fourth-order valence-electron chi connectivity index (χ4n) is 4.18. The summed E-state index contributed by atoms with van der Waals surface area (Å²) in [5.74, 6) is 1.31. The second-order valence-electron chi connectivity index (χ2n) is 7.92. The van der Waals surface area contributed by atoms with E-state index in [1.54, 1.807) is 6.07 Å². The van der Waals surface area contributed by atoms with Crippen LogP contribution in [0.5, 0.6) is 11.5 Å². The second-order valence-corrected chi connectivity index (χ2v) is 7.92. The number of piperidine rings is 1. The van der Waals surface area contributed by atoms with Gasteiger partial charge in [-0.05, 0) is 63.4 Å². The van der Waals surface area contributed by atoms with Gasteiger partial charge in [-0.15, -0.1) is 0 Å². The van der Waals surface area contributed by atoms with Crippen LogP contribution in [0.15, 0.2) is 48.5 Å². The molecule has 6 heteroatoms. The number of nitrogens with zero attached hydrogens (tertiary/aromatic N) is 2. The van der Waals surface area contributed by atoms with Crippen LogP contribution in [0, 0.1) is 0 Å². The van der Waals surface area contributed by atoms with Crippen molar-refractivity contribution < 1.29 is 19.1 Å². The monoisotopic (exact) mass is 438 g/mol. The van der Waals surface area contributed by atoms with Gasteiger partial charge >= 0.3 is 0 Å². The van der Waals surface area contributed by atoms with E-state index in [0.717, 1.165) is 19.3 Å². The molecule has 1 aliphatic heterocycles. The minimum atomic E-state index is 0.00341. The summed E-state index contributed by atoms with van der Waals surface area (Å²) in [7, 11) is 0. The van der Waals surface area contributed by atoms with Gasteiger partial charge in [0.2, 0.25) is 0 Å². The van der Waals surface area contributed by atoms with Crippen molar-refractivity contribution in [3.63, 3.8) is 0 Å². The fraction of sp³-hybridized carbons (Fsp3) is 0.462. The van der Waals surface area contributed by atoms with Crippen molar-refractivity contribution in [3.05, 3.63) is 59.7 Å². The quantitative estimate of drug-likeness (QED) is 0.572. The molecule has 6 nitrogen and oxygen atoms in total. The summed E-state index contributed by atoms with van der Waals surface area (Å²) in [6.07, 6.45) is 2.43. The van der Waals surface area contributed by atoms with Crippen LogP contribution >= 0.6 is 0 Å². The van der Waals surface area contributed by atoms with Crippen LogP contribution in [0.1, 0.15) is 60.7 Å². The van der Waals surface area contributed by atoms with Gasteiger partial charge in [0.05, 0.1) is 13.2 Å². The summed E-state index contributed by atoms with van der Waals surface area (Å²) in [6, 6.07) is 14.9. The van der Waals surface area contributed by atoms with E-state index in [2.05, 4.69) is 6.92 Å². The van der Waals surface area contributed by atoms with Crippen molar-refractivity contribution in [1.29, 1.82) is 0 Å². The first-order chi connectivity index (χ1) is 15.6. The Balaban J connectivity index is 1.71. The number of rotatable bonds is 9. The maximum Gasteiger partial charge on any atom is 0.254 e. The van der Waals surface area contributed by atoms with Crippen molar-refractivity contribution in [2.75, 3.05) is 32.8 Å². The first-order valence-corrected chi connectivity index (χ1v) is 11.6. The predicted octanol–water partition coefficient (Wildman–Crippen LogP) is 4.64. The number of benzene rings is 2. The van der Waals surface area contributed by atoms with Gasteiger partial charge in [-0.25, -0.2) is 0 Å². The van der Waals surface area contributed by atoms with Gasteiger partial charge in [0.25, 0.3) is 11.8 Å². The van der Waals surface area contributed by atoms with E-state index >= 15 is 0 Å². The van der Waals surface area contributed by atoms with E-state index < -0.39 is 0 Å². The lowest BCUT2D eigenvalue weighted by molar-refractivity contribution is 0.0519. The molecule has 0 unspecified atom stereocenters. The van der Waals surface area contributed by atoms with Crippen molar-refractivity contribution in [3.8, 4) is 11.5 Å². The number of amides is 2. The molecule has 32 heavy (non-hydrogen) atoms. The normalized spacial score (nSPS) is 14.2. The molecule has 0 atom stereocenters. The second kappa shape index (κ2) is 11.6. The molecule has 2 amide bonds. The topological polar surface area (TPSA) is 59.1 Å². The minimum Gasteiger partial charge on any atom is -0.490 e. The van der Waals surface area contributed by atoms with Crippen molar-refractivity contribution in [2.24, 2.45) is 0 Å². The summed E-state index contributed by atoms with van der Waals surface area (Å²) < 4.78 is 11.3. The van der Waals surface area contributed by atoms with Gasteiger partial charge in [-0.2, -0.15) is 0 Å². The van der Waals surface area contributed by atoms with Crippen molar-refractivity contribution in [2.45, 2.75) is 46.1 Å². The zero-order chi connectivity index (χ0) is 22.9. The van der Waals surface area contributed by atoms with Crippen molar-refractivity contribution in [1.82, 2.24) is 9.80 Å². The van der Waals surface area contributed by atoms with E-state index in [9.17, 15) is 9.59 Å². The molecular weight excluding hydrogens is 404 g/mol. The Bertz CT molecular complexity index is 892. The Morgan fingerprint density at radius 1 is 0.906 bits per heavy atom. The number of likely N-dealkylation sites (tertiary alicyclic amines) is 1. The first-order valence-electron chi connectivity index (χ1n) is 11.6. The number of hydrogen-bond acceptors (Lipinski definition) is 4. The average Bonchev–Trinajstić information content (AvgIpc) is 2.84. The molecule has 0 aromatic heterocycles. The number of ether oxygens (including phenoxy) is 2. The molecule has 0 aliphatic carbocycles. The molecule has 1 heterocycles. The van der Waals surface area contributed by atoms with Crippen LogP contribution in [0.3, 0.4) is 0 Å². The van der Waals surface area contributed by atoms with E-state index in [1.807, 2.05) is 66.1 Å². The molecular formula is C26H34N2O4. The number of carbonyl (C=O) groups excluding carboxylic acids is 2. The van der Waals surface area contributed by atoms with Crippen LogP contribution in [0.25, 0.3) is 0 Å². The fourth-order valence-corrected chi connectivity index (χ4v) is 4.18. The average molecular weight is 439 g/mol. The molecule has 0 N–H and O–H groups in total.